The van der Waals surface area contributed by atoms with E-state index < -0.39 is 5.60 Å². The van der Waals surface area contributed by atoms with Crippen molar-refractivity contribution in [1.82, 2.24) is 9.88 Å². The fourth-order valence-electron chi connectivity index (χ4n) is 1.80. The second-order valence-electron chi connectivity index (χ2n) is 5.40. The minimum Gasteiger partial charge on any atom is -0.444 e. The third-order valence-corrected chi connectivity index (χ3v) is 4.45. The average Bonchev–Trinajstić information content (AvgIpc) is 2.74. The van der Waals surface area contributed by atoms with Gasteiger partial charge in [-0.25, -0.2) is 9.78 Å². The molecule has 1 aromatic heterocycles. The van der Waals surface area contributed by atoms with Crippen molar-refractivity contribution in [3.63, 3.8) is 0 Å². The topological polar surface area (TPSA) is 45.7 Å². The molecule has 1 fully saturated rings. The summed E-state index contributed by atoms with van der Waals surface area (Å²) in [6, 6.07) is 0. The number of ether oxygens (including phenoxy) is 1. The van der Waals surface area contributed by atoms with E-state index >= 15 is 0 Å². The highest BCUT2D eigenvalue weighted by molar-refractivity contribution is 14.1. The van der Waals surface area contributed by atoms with E-state index in [4.69, 9.17) is 4.74 Å². The van der Waals surface area contributed by atoms with Gasteiger partial charge in [-0.1, -0.05) is 11.3 Å². The fourth-order valence-corrected chi connectivity index (χ4v) is 3.23. The van der Waals surface area contributed by atoms with E-state index in [0.717, 1.165) is 18.2 Å². The number of carbonyl (C=O) groups is 1. The molecule has 1 aliphatic heterocycles. The SMILES string of the molecule is CC(C)(C)OC(=O)N1CCN(c2ncc(I)s2)CC1. The largest absolute Gasteiger partial charge is 0.444 e. The third kappa shape index (κ3) is 4.20. The molecule has 5 nitrogen and oxygen atoms in total. The van der Waals surface area contributed by atoms with E-state index in [9.17, 15) is 4.79 Å². The number of hydrogen-bond acceptors (Lipinski definition) is 5. The highest BCUT2D eigenvalue weighted by Gasteiger charge is 2.26. The smallest absolute Gasteiger partial charge is 0.410 e. The molecule has 0 unspecified atom stereocenters. The number of anilines is 1. The molecular formula is C12H18IN3O2S. The highest BCUT2D eigenvalue weighted by atomic mass is 127. The summed E-state index contributed by atoms with van der Waals surface area (Å²) < 4.78 is 6.56. The molecule has 0 N–H and O–H groups in total. The zero-order valence-electron chi connectivity index (χ0n) is 11.4. The summed E-state index contributed by atoms with van der Waals surface area (Å²) in [6.45, 7) is 8.65. The Hall–Kier alpha value is -0.570. The molecule has 0 radical (unpaired) electrons. The predicted molar refractivity (Wildman–Crippen MR) is 84.9 cm³/mol. The molecule has 0 aromatic carbocycles. The first-order valence-corrected chi connectivity index (χ1v) is 8.09. The number of halogens is 1. The maximum Gasteiger partial charge on any atom is 0.410 e. The first-order valence-electron chi connectivity index (χ1n) is 6.19. The molecule has 1 aromatic rings. The van der Waals surface area contributed by atoms with Gasteiger partial charge in [-0.15, -0.1) is 0 Å². The van der Waals surface area contributed by atoms with Crippen LogP contribution in [0.2, 0.25) is 0 Å². The van der Waals surface area contributed by atoms with Crippen LogP contribution in [0.15, 0.2) is 6.20 Å². The van der Waals surface area contributed by atoms with Crippen LogP contribution >= 0.6 is 33.9 Å². The lowest BCUT2D eigenvalue weighted by atomic mass is 10.2. The Bertz CT molecular complexity index is 450. The maximum absolute atomic E-state index is 11.9. The van der Waals surface area contributed by atoms with Gasteiger partial charge in [0, 0.05) is 26.2 Å². The van der Waals surface area contributed by atoms with Crippen molar-refractivity contribution in [3.8, 4) is 0 Å². The van der Waals surface area contributed by atoms with Crippen molar-refractivity contribution >= 4 is 45.2 Å². The van der Waals surface area contributed by atoms with Crippen molar-refractivity contribution in [2.75, 3.05) is 31.1 Å². The second-order valence-corrected chi connectivity index (χ2v) is 8.30. The van der Waals surface area contributed by atoms with Gasteiger partial charge in [0.05, 0.1) is 9.08 Å². The predicted octanol–water partition coefficient (Wildman–Crippen LogP) is 2.80. The molecule has 1 amide bonds. The van der Waals surface area contributed by atoms with Crippen LogP contribution in [-0.4, -0.2) is 47.8 Å². The normalized spacial score (nSPS) is 16.6. The first-order chi connectivity index (χ1) is 8.85. The van der Waals surface area contributed by atoms with Gasteiger partial charge in [-0.05, 0) is 43.4 Å². The van der Waals surface area contributed by atoms with Gasteiger partial charge in [0.25, 0.3) is 0 Å². The minimum absolute atomic E-state index is 0.221. The number of amides is 1. The van der Waals surface area contributed by atoms with Gasteiger partial charge in [-0.3, -0.25) is 0 Å². The van der Waals surface area contributed by atoms with Crippen LogP contribution < -0.4 is 4.90 Å². The summed E-state index contributed by atoms with van der Waals surface area (Å²) in [6.07, 6.45) is 1.65. The monoisotopic (exact) mass is 395 g/mol. The third-order valence-electron chi connectivity index (χ3n) is 2.67. The van der Waals surface area contributed by atoms with Crippen molar-refractivity contribution in [1.29, 1.82) is 0 Å². The number of nitrogens with zero attached hydrogens (tertiary/aromatic N) is 3. The number of hydrogen-bond donors (Lipinski definition) is 0. The Labute approximate surface area is 131 Å². The van der Waals surface area contributed by atoms with E-state index in [2.05, 4.69) is 32.5 Å². The molecule has 0 spiro atoms. The molecular weight excluding hydrogens is 377 g/mol. The van der Waals surface area contributed by atoms with Crippen molar-refractivity contribution < 1.29 is 9.53 Å². The molecule has 0 atom stereocenters. The van der Waals surface area contributed by atoms with Crippen molar-refractivity contribution in [2.24, 2.45) is 0 Å². The van der Waals surface area contributed by atoms with Crippen LogP contribution in [-0.2, 0) is 4.74 Å². The van der Waals surface area contributed by atoms with Gasteiger partial charge < -0.3 is 14.5 Å². The summed E-state index contributed by atoms with van der Waals surface area (Å²) in [5, 5.41) is 1.04. The highest BCUT2D eigenvalue weighted by Crippen LogP contribution is 2.24. The zero-order valence-corrected chi connectivity index (χ0v) is 14.3. The lowest BCUT2D eigenvalue weighted by molar-refractivity contribution is 0.0240. The molecule has 0 saturated carbocycles. The van der Waals surface area contributed by atoms with E-state index in [0.29, 0.717) is 13.1 Å². The van der Waals surface area contributed by atoms with E-state index in [1.54, 1.807) is 16.2 Å². The van der Waals surface area contributed by atoms with Crippen LogP contribution in [0, 0.1) is 2.88 Å². The van der Waals surface area contributed by atoms with E-state index in [1.165, 1.54) is 2.88 Å². The van der Waals surface area contributed by atoms with Crippen LogP contribution in [0.5, 0.6) is 0 Å². The van der Waals surface area contributed by atoms with Crippen LogP contribution in [0.25, 0.3) is 0 Å². The number of piperazine rings is 1. The number of carbonyl (C=O) groups excluding carboxylic acids is 1. The molecule has 2 heterocycles. The summed E-state index contributed by atoms with van der Waals surface area (Å²) in [4.78, 5) is 20.3. The van der Waals surface area contributed by atoms with Crippen molar-refractivity contribution in [3.05, 3.63) is 9.08 Å². The Morgan fingerprint density at radius 3 is 2.47 bits per heavy atom. The average molecular weight is 395 g/mol. The Kier molecular flexibility index (Phi) is 4.54. The Morgan fingerprint density at radius 1 is 1.37 bits per heavy atom. The first kappa shape index (κ1) is 14.8. The number of thiazole rings is 1. The number of aromatic nitrogens is 1. The molecule has 0 bridgehead atoms. The summed E-state index contributed by atoms with van der Waals surface area (Å²) in [7, 11) is 0. The van der Waals surface area contributed by atoms with E-state index in [1.807, 2.05) is 27.0 Å². The lowest BCUT2D eigenvalue weighted by Crippen LogP contribution is -2.50. The Morgan fingerprint density at radius 2 is 2.00 bits per heavy atom. The second kappa shape index (κ2) is 5.82. The lowest BCUT2D eigenvalue weighted by Gasteiger charge is -2.35. The molecule has 1 saturated heterocycles. The summed E-state index contributed by atoms with van der Waals surface area (Å²) in [5.41, 5.74) is -0.431. The molecule has 7 heteroatoms. The van der Waals surface area contributed by atoms with Gasteiger partial charge in [0.2, 0.25) is 0 Å². The zero-order chi connectivity index (χ0) is 14.0. The maximum atomic E-state index is 11.9. The van der Waals surface area contributed by atoms with Crippen LogP contribution in [0.1, 0.15) is 20.8 Å². The van der Waals surface area contributed by atoms with Crippen LogP contribution in [0.3, 0.4) is 0 Å². The number of rotatable bonds is 1. The molecule has 2 rings (SSSR count). The summed E-state index contributed by atoms with van der Waals surface area (Å²) >= 11 is 3.95. The van der Waals surface area contributed by atoms with Gasteiger partial charge in [-0.2, -0.15) is 0 Å². The molecule has 0 aliphatic carbocycles. The van der Waals surface area contributed by atoms with Gasteiger partial charge in [0.15, 0.2) is 5.13 Å². The van der Waals surface area contributed by atoms with Crippen LogP contribution in [0.4, 0.5) is 9.93 Å². The summed E-state index contributed by atoms with van der Waals surface area (Å²) in [5.74, 6) is 0. The van der Waals surface area contributed by atoms with Gasteiger partial charge in [0.1, 0.15) is 5.60 Å². The molecule has 19 heavy (non-hydrogen) atoms. The van der Waals surface area contributed by atoms with Gasteiger partial charge >= 0.3 is 6.09 Å². The standard InChI is InChI=1S/C12H18IN3O2S/c1-12(2,3)18-11(17)16-6-4-15(5-7-16)10-14-8-9(13)19-10/h8H,4-7H2,1-3H3. The molecule has 1 aliphatic rings. The molecule has 106 valence electrons. The minimum atomic E-state index is -0.431. The fraction of sp³-hybridized carbons (Fsp3) is 0.667. The van der Waals surface area contributed by atoms with E-state index in [-0.39, 0.29) is 6.09 Å². The quantitative estimate of drug-likeness (QED) is 0.687. The van der Waals surface area contributed by atoms with Crippen molar-refractivity contribution in [2.45, 2.75) is 26.4 Å². The Balaban J connectivity index is 1.87.